The van der Waals surface area contributed by atoms with Gasteiger partial charge in [0.1, 0.15) is 11.6 Å². The quantitative estimate of drug-likeness (QED) is 0.617. The van der Waals surface area contributed by atoms with E-state index in [1.165, 1.54) is 11.3 Å². The first-order valence-electron chi connectivity index (χ1n) is 7.53. The lowest BCUT2D eigenvalue weighted by Gasteiger charge is -2.23. The smallest absolute Gasteiger partial charge is 0.408 e. The molecule has 2 amide bonds. The molecular formula is C16H25N3O3S. The minimum absolute atomic E-state index is 0.238. The first kappa shape index (κ1) is 19.2. The largest absolute Gasteiger partial charge is 0.444 e. The number of hydrogen-bond donors (Lipinski definition) is 2. The van der Waals surface area contributed by atoms with E-state index in [2.05, 4.69) is 15.8 Å². The molecule has 0 aliphatic heterocycles. The van der Waals surface area contributed by atoms with Crippen LogP contribution in [0.5, 0.6) is 0 Å². The van der Waals surface area contributed by atoms with Crippen LogP contribution in [-0.2, 0) is 9.53 Å². The third kappa shape index (κ3) is 8.35. The number of hydrogen-bond acceptors (Lipinski definition) is 5. The lowest BCUT2D eigenvalue weighted by molar-refractivity contribution is -0.123. The maximum atomic E-state index is 12.2. The van der Waals surface area contributed by atoms with Gasteiger partial charge in [-0.2, -0.15) is 5.10 Å². The number of ether oxygens (including phenoxy) is 1. The maximum absolute atomic E-state index is 12.2. The summed E-state index contributed by atoms with van der Waals surface area (Å²) in [4.78, 5) is 25.0. The first-order chi connectivity index (χ1) is 10.7. The van der Waals surface area contributed by atoms with Gasteiger partial charge >= 0.3 is 6.09 Å². The number of thiophene rings is 1. The molecule has 128 valence electrons. The summed E-state index contributed by atoms with van der Waals surface area (Å²) in [5, 5.41) is 8.45. The Balaban J connectivity index is 2.61. The van der Waals surface area contributed by atoms with E-state index in [1.807, 2.05) is 31.4 Å². The molecule has 1 heterocycles. The van der Waals surface area contributed by atoms with Crippen molar-refractivity contribution >= 4 is 29.6 Å². The molecule has 1 rings (SSSR count). The van der Waals surface area contributed by atoms with Crippen molar-refractivity contribution < 1.29 is 14.3 Å². The summed E-state index contributed by atoms with van der Waals surface area (Å²) in [6, 6.07) is 3.11. The number of carbonyl (C=O) groups excluding carboxylic acids is 2. The third-order valence-corrected chi connectivity index (χ3v) is 3.43. The molecular weight excluding hydrogens is 314 g/mol. The number of hydrazone groups is 1. The molecule has 0 saturated heterocycles. The number of alkyl carbamates (subject to hydrolysis) is 1. The van der Waals surface area contributed by atoms with Crippen molar-refractivity contribution in [1.82, 2.24) is 10.7 Å². The lowest BCUT2D eigenvalue weighted by Crippen LogP contribution is -2.47. The molecule has 0 aromatic carbocycles. The van der Waals surface area contributed by atoms with E-state index >= 15 is 0 Å². The van der Waals surface area contributed by atoms with Crippen molar-refractivity contribution in [2.75, 3.05) is 0 Å². The second-order valence-electron chi connectivity index (χ2n) is 6.58. The van der Waals surface area contributed by atoms with Crippen molar-refractivity contribution in [2.45, 2.75) is 52.7 Å². The normalized spacial score (nSPS) is 13.1. The molecule has 7 heteroatoms. The Bertz CT molecular complexity index is 533. The van der Waals surface area contributed by atoms with Crippen LogP contribution in [-0.4, -0.2) is 29.9 Å². The highest BCUT2D eigenvalue weighted by molar-refractivity contribution is 7.11. The summed E-state index contributed by atoms with van der Waals surface area (Å²) < 4.78 is 5.20. The molecule has 0 spiro atoms. The molecule has 0 fully saturated rings. The minimum Gasteiger partial charge on any atom is -0.444 e. The summed E-state index contributed by atoms with van der Waals surface area (Å²) in [5.41, 5.74) is 1.85. The fourth-order valence-electron chi connectivity index (χ4n) is 1.75. The van der Waals surface area contributed by atoms with Crippen LogP contribution in [0.3, 0.4) is 0 Å². The van der Waals surface area contributed by atoms with E-state index < -0.39 is 17.7 Å². The van der Waals surface area contributed by atoms with Crippen LogP contribution in [0.4, 0.5) is 4.79 Å². The minimum atomic E-state index is -0.690. The summed E-state index contributed by atoms with van der Waals surface area (Å²) in [5.74, 6) is -0.126. The van der Waals surface area contributed by atoms with E-state index in [0.717, 1.165) is 4.88 Å². The number of rotatable bonds is 6. The molecule has 23 heavy (non-hydrogen) atoms. The summed E-state index contributed by atoms with van der Waals surface area (Å²) in [6.07, 6.45) is 1.46. The third-order valence-electron chi connectivity index (χ3n) is 2.62. The van der Waals surface area contributed by atoms with Gasteiger partial charge < -0.3 is 10.1 Å². The van der Waals surface area contributed by atoms with Crippen molar-refractivity contribution in [3.8, 4) is 0 Å². The number of nitrogens with one attached hydrogen (secondary N) is 2. The Labute approximate surface area is 141 Å². The van der Waals surface area contributed by atoms with E-state index in [1.54, 1.807) is 27.0 Å². The van der Waals surface area contributed by atoms with E-state index in [0.29, 0.717) is 6.42 Å². The summed E-state index contributed by atoms with van der Waals surface area (Å²) in [7, 11) is 0. The van der Waals surface area contributed by atoms with E-state index in [-0.39, 0.29) is 11.8 Å². The predicted molar refractivity (Wildman–Crippen MR) is 92.7 cm³/mol. The second kappa shape index (κ2) is 8.67. The molecule has 2 N–H and O–H groups in total. The Kier molecular flexibility index (Phi) is 7.22. The molecule has 0 unspecified atom stereocenters. The topological polar surface area (TPSA) is 79.8 Å². The van der Waals surface area contributed by atoms with Gasteiger partial charge in [0.15, 0.2) is 0 Å². The highest BCUT2D eigenvalue weighted by Crippen LogP contribution is 2.10. The molecule has 0 bridgehead atoms. The zero-order chi connectivity index (χ0) is 17.5. The van der Waals surface area contributed by atoms with Crippen LogP contribution in [0, 0.1) is 5.92 Å². The van der Waals surface area contributed by atoms with Crippen LogP contribution in [0.15, 0.2) is 22.6 Å². The van der Waals surface area contributed by atoms with Crippen molar-refractivity contribution in [3.05, 3.63) is 22.4 Å². The van der Waals surface area contributed by atoms with Gasteiger partial charge in [0.05, 0.1) is 6.21 Å². The summed E-state index contributed by atoms with van der Waals surface area (Å²) in [6.45, 7) is 9.28. The Hall–Kier alpha value is -1.89. The SMILES string of the molecule is CC(C)C[C@H](NC(=O)OC(C)(C)C)C(=O)N/N=C/c1cccs1. The molecule has 0 aliphatic rings. The van der Waals surface area contributed by atoms with E-state index in [9.17, 15) is 9.59 Å². The van der Waals surface area contributed by atoms with Crippen molar-refractivity contribution in [3.63, 3.8) is 0 Å². The molecule has 0 radical (unpaired) electrons. The molecule has 1 atom stereocenters. The van der Waals surface area contributed by atoms with Gasteiger partial charge in [0.25, 0.3) is 5.91 Å². The standard InChI is InChI=1S/C16H25N3O3S/c1-11(2)9-13(18-15(21)22-16(3,4)5)14(20)19-17-10-12-7-6-8-23-12/h6-8,10-11,13H,9H2,1-5H3,(H,18,21)(H,19,20)/b17-10+/t13-/m0/s1. The van der Waals surface area contributed by atoms with Crippen LogP contribution < -0.4 is 10.7 Å². The highest BCUT2D eigenvalue weighted by atomic mass is 32.1. The van der Waals surface area contributed by atoms with Gasteiger partial charge in [-0.15, -0.1) is 11.3 Å². The van der Waals surface area contributed by atoms with Crippen LogP contribution in [0.1, 0.15) is 45.9 Å². The van der Waals surface area contributed by atoms with Gasteiger partial charge in [-0.1, -0.05) is 19.9 Å². The molecule has 1 aromatic rings. The molecule has 0 saturated carbocycles. The van der Waals surface area contributed by atoms with Gasteiger partial charge in [0, 0.05) is 4.88 Å². The van der Waals surface area contributed by atoms with Gasteiger partial charge in [-0.05, 0) is 44.6 Å². The molecule has 6 nitrogen and oxygen atoms in total. The van der Waals surface area contributed by atoms with Crippen LogP contribution in [0.2, 0.25) is 0 Å². The fraction of sp³-hybridized carbons (Fsp3) is 0.562. The monoisotopic (exact) mass is 339 g/mol. The second-order valence-corrected chi connectivity index (χ2v) is 7.56. The van der Waals surface area contributed by atoms with Crippen LogP contribution >= 0.6 is 11.3 Å². The maximum Gasteiger partial charge on any atom is 0.408 e. The van der Waals surface area contributed by atoms with Gasteiger partial charge in [-0.25, -0.2) is 10.2 Å². The predicted octanol–water partition coefficient (Wildman–Crippen LogP) is 3.14. The highest BCUT2D eigenvalue weighted by Gasteiger charge is 2.24. The number of amides is 2. The zero-order valence-corrected chi connectivity index (χ0v) is 15.1. The van der Waals surface area contributed by atoms with Gasteiger partial charge in [0.2, 0.25) is 0 Å². The van der Waals surface area contributed by atoms with Gasteiger partial charge in [-0.3, -0.25) is 4.79 Å². The number of nitrogens with zero attached hydrogens (tertiary/aromatic N) is 1. The number of carbonyl (C=O) groups is 2. The fourth-order valence-corrected chi connectivity index (χ4v) is 2.34. The summed E-state index contributed by atoms with van der Waals surface area (Å²) >= 11 is 1.52. The molecule has 1 aromatic heterocycles. The average Bonchev–Trinajstić information content (AvgIpc) is 2.88. The van der Waals surface area contributed by atoms with Crippen molar-refractivity contribution in [1.29, 1.82) is 0 Å². The first-order valence-corrected chi connectivity index (χ1v) is 8.41. The Morgan fingerprint density at radius 1 is 1.39 bits per heavy atom. The zero-order valence-electron chi connectivity index (χ0n) is 14.3. The average molecular weight is 339 g/mol. The van der Waals surface area contributed by atoms with E-state index in [4.69, 9.17) is 4.74 Å². The van der Waals surface area contributed by atoms with Crippen LogP contribution in [0.25, 0.3) is 0 Å². The molecule has 0 aliphatic carbocycles. The van der Waals surface area contributed by atoms with Crippen molar-refractivity contribution in [2.24, 2.45) is 11.0 Å². The Morgan fingerprint density at radius 2 is 2.09 bits per heavy atom. The Morgan fingerprint density at radius 3 is 2.61 bits per heavy atom. The lowest BCUT2D eigenvalue weighted by atomic mass is 10.0.